The van der Waals surface area contributed by atoms with E-state index < -0.39 is 5.97 Å². The highest BCUT2D eigenvalue weighted by Gasteiger charge is 2.09. The molecular weight excluding hydrogens is 232 g/mol. The molecule has 0 fully saturated rings. The zero-order valence-corrected chi connectivity index (χ0v) is 10.3. The first-order valence-corrected chi connectivity index (χ1v) is 5.50. The summed E-state index contributed by atoms with van der Waals surface area (Å²) in [5.41, 5.74) is 2.16. The number of carbonyl (C=O) groups is 1. The van der Waals surface area contributed by atoms with Crippen LogP contribution in [0.2, 0.25) is 0 Å². The van der Waals surface area contributed by atoms with E-state index >= 15 is 0 Å². The fourth-order valence-electron chi connectivity index (χ4n) is 1.48. The molecule has 0 saturated carbocycles. The smallest absolute Gasteiger partial charge is 0.328 e. The Bertz CT molecular complexity index is 509. The Hall–Kier alpha value is -2.23. The molecule has 1 rings (SSSR count). The molecule has 96 valence electrons. The van der Waals surface area contributed by atoms with E-state index in [9.17, 15) is 15.0 Å². The number of carboxylic acid groups (broad SMARTS) is 1. The third-order valence-corrected chi connectivity index (χ3v) is 2.42. The average Bonchev–Trinajstić information content (AvgIpc) is 2.29. The molecule has 1 aromatic carbocycles. The molecule has 1 aromatic rings. The van der Waals surface area contributed by atoms with Gasteiger partial charge in [0.1, 0.15) is 0 Å². The summed E-state index contributed by atoms with van der Waals surface area (Å²) >= 11 is 0. The van der Waals surface area contributed by atoms with Crippen LogP contribution in [0.1, 0.15) is 25.0 Å². The van der Waals surface area contributed by atoms with Crippen molar-refractivity contribution in [3.63, 3.8) is 0 Å². The summed E-state index contributed by atoms with van der Waals surface area (Å²) in [6.45, 7) is 3.85. The van der Waals surface area contributed by atoms with Gasteiger partial charge in [-0.25, -0.2) is 4.79 Å². The molecule has 0 radical (unpaired) electrons. The van der Waals surface area contributed by atoms with Crippen molar-refractivity contribution in [2.75, 3.05) is 0 Å². The van der Waals surface area contributed by atoms with E-state index in [2.05, 4.69) is 0 Å². The number of carboxylic acids is 1. The molecular formula is C14H16O4. The normalized spacial score (nSPS) is 10.6. The van der Waals surface area contributed by atoms with Gasteiger partial charge < -0.3 is 15.3 Å². The highest BCUT2D eigenvalue weighted by molar-refractivity contribution is 5.86. The van der Waals surface area contributed by atoms with Crippen LogP contribution < -0.4 is 0 Å². The number of allylic oxidation sites excluding steroid dienone is 2. The first kappa shape index (κ1) is 13.8. The molecule has 0 unspecified atom stereocenters. The Morgan fingerprint density at radius 3 is 2.50 bits per heavy atom. The number of benzene rings is 1. The minimum absolute atomic E-state index is 0.208. The van der Waals surface area contributed by atoms with Crippen LogP contribution in [0.15, 0.2) is 29.9 Å². The van der Waals surface area contributed by atoms with Crippen LogP contribution in [-0.4, -0.2) is 21.3 Å². The summed E-state index contributed by atoms with van der Waals surface area (Å²) in [6.07, 6.45) is 4.72. The maximum Gasteiger partial charge on any atom is 0.328 e. The van der Waals surface area contributed by atoms with Gasteiger partial charge in [-0.3, -0.25) is 0 Å². The van der Waals surface area contributed by atoms with Crippen molar-refractivity contribution in [3.8, 4) is 11.5 Å². The highest BCUT2D eigenvalue weighted by Crippen LogP contribution is 2.32. The van der Waals surface area contributed by atoms with Crippen molar-refractivity contribution >= 4 is 12.0 Å². The monoisotopic (exact) mass is 248 g/mol. The molecule has 0 amide bonds. The molecule has 0 saturated heterocycles. The van der Waals surface area contributed by atoms with Gasteiger partial charge in [-0.1, -0.05) is 17.7 Å². The van der Waals surface area contributed by atoms with Gasteiger partial charge in [0, 0.05) is 11.6 Å². The van der Waals surface area contributed by atoms with Gasteiger partial charge in [-0.05, 0) is 38.0 Å². The van der Waals surface area contributed by atoms with E-state index in [1.165, 1.54) is 12.1 Å². The van der Waals surface area contributed by atoms with Crippen LogP contribution in [-0.2, 0) is 11.2 Å². The summed E-state index contributed by atoms with van der Waals surface area (Å²) in [7, 11) is 0. The first-order chi connectivity index (χ1) is 8.41. The summed E-state index contributed by atoms with van der Waals surface area (Å²) in [6, 6.07) is 2.91. The van der Waals surface area contributed by atoms with Crippen molar-refractivity contribution < 1.29 is 20.1 Å². The lowest BCUT2D eigenvalue weighted by molar-refractivity contribution is -0.131. The fraction of sp³-hybridized carbons (Fsp3) is 0.214. The predicted octanol–water partition coefficient (Wildman–Crippen LogP) is 2.70. The molecule has 0 aliphatic heterocycles. The van der Waals surface area contributed by atoms with Gasteiger partial charge in [0.25, 0.3) is 0 Å². The van der Waals surface area contributed by atoms with Gasteiger partial charge in [-0.15, -0.1) is 0 Å². The molecule has 0 aromatic heterocycles. The molecule has 0 heterocycles. The molecule has 0 bridgehead atoms. The van der Waals surface area contributed by atoms with Crippen molar-refractivity contribution in [2.45, 2.75) is 20.3 Å². The standard InChI is InChI=1S/C14H16O4/c1-9(2)3-6-11-10(5-8-13(16)17)4-7-12(15)14(11)18/h3-5,7-8,15,18H,6H2,1-2H3,(H,16,17)/b8-5+. The van der Waals surface area contributed by atoms with Crippen LogP contribution in [0.25, 0.3) is 6.08 Å². The van der Waals surface area contributed by atoms with Crippen molar-refractivity contribution in [2.24, 2.45) is 0 Å². The van der Waals surface area contributed by atoms with E-state index in [-0.39, 0.29) is 11.5 Å². The van der Waals surface area contributed by atoms with Gasteiger partial charge in [0.15, 0.2) is 11.5 Å². The fourth-order valence-corrected chi connectivity index (χ4v) is 1.48. The minimum Gasteiger partial charge on any atom is -0.504 e. The molecule has 4 heteroatoms. The number of phenols is 2. The number of aliphatic carboxylic acids is 1. The van der Waals surface area contributed by atoms with E-state index in [1.54, 1.807) is 6.07 Å². The molecule has 18 heavy (non-hydrogen) atoms. The number of rotatable bonds is 4. The molecule has 0 aliphatic rings. The lowest BCUT2D eigenvalue weighted by Gasteiger charge is -2.08. The zero-order valence-electron chi connectivity index (χ0n) is 10.3. The Balaban J connectivity index is 3.21. The Morgan fingerprint density at radius 1 is 1.28 bits per heavy atom. The molecule has 0 spiro atoms. The summed E-state index contributed by atoms with van der Waals surface area (Å²) in [5, 5.41) is 27.8. The van der Waals surface area contributed by atoms with Crippen molar-refractivity contribution in [1.82, 2.24) is 0 Å². The number of phenolic OH excluding ortho intramolecular Hbond substituents is 2. The second-order valence-corrected chi connectivity index (χ2v) is 4.16. The second kappa shape index (κ2) is 5.91. The third-order valence-electron chi connectivity index (χ3n) is 2.42. The minimum atomic E-state index is -1.06. The predicted molar refractivity (Wildman–Crippen MR) is 69.6 cm³/mol. The summed E-state index contributed by atoms with van der Waals surface area (Å²) < 4.78 is 0. The van der Waals surface area contributed by atoms with Crippen LogP contribution in [0.4, 0.5) is 0 Å². The second-order valence-electron chi connectivity index (χ2n) is 4.16. The van der Waals surface area contributed by atoms with Gasteiger partial charge in [-0.2, -0.15) is 0 Å². The van der Waals surface area contributed by atoms with Crippen LogP contribution in [0, 0.1) is 0 Å². The zero-order chi connectivity index (χ0) is 13.7. The van der Waals surface area contributed by atoms with E-state index in [1.807, 2.05) is 19.9 Å². The van der Waals surface area contributed by atoms with Gasteiger partial charge in [0.05, 0.1) is 0 Å². The maximum absolute atomic E-state index is 10.5. The number of hydrogen-bond donors (Lipinski definition) is 3. The Labute approximate surface area is 106 Å². The Kier molecular flexibility index (Phi) is 4.54. The average molecular weight is 248 g/mol. The SMILES string of the molecule is CC(C)=CCc1c(/C=C/C(=O)O)ccc(O)c1O. The summed E-state index contributed by atoms with van der Waals surface area (Å²) in [5.74, 6) is -1.48. The van der Waals surface area contributed by atoms with Gasteiger partial charge in [0.2, 0.25) is 0 Å². The van der Waals surface area contributed by atoms with E-state index in [4.69, 9.17) is 5.11 Å². The quantitative estimate of drug-likeness (QED) is 0.435. The molecule has 0 atom stereocenters. The topological polar surface area (TPSA) is 77.8 Å². The number of hydrogen-bond acceptors (Lipinski definition) is 3. The van der Waals surface area contributed by atoms with Crippen LogP contribution in [0.5, 0.6) is 11.5 Å². The molecule has 4 nitrogen and oxygen atoms in total. The molecule has 3 N–H and O–H groups in total. The van der Waals surface area contributed by atoms with Crippen LogP contribution in [0.3, 0.4) is 0 Å². The lowest BCUT2D eigenvalue weighted by atomic mass is 10.0. The molecule has 0 aliphatic carbocycles. The first-order valence-electron chi connectivity index (χ1n) is 5.50. The van der Waals surface area contributed by atoms with Crippen molar-refractivity contribution in [1.29, 1.82) is 0 Å². The maximum atomic E-state index is 10.5. The highest BCUT2D eigenvalue weighted by atomic mass is 16.4. The lowest BCUT2D eigenvalue weighted by Crippen LogP contribution is -1.91. The largest absolute Gasteiger partial charge is 0.504 e. The number of aromatic hydroxyl groups is 2. The van der Waals surface area contributed by atoms with E-state index in [0.29, 0.717) is 17.5 Å². The van der Waals surface area contributed by atoms with E-state index in [0.717, 1.165) is 11.6 Å². The van der Waals surface area contributed by atoms with Crippen molar-refractivity contribution in [3.05, 3.63) is 41.0 Å². The summed E-state index contributed by atoms with van der Waals surface area (Å²) in [4.78, 5) is 10.5. The third kappa shape index (κ3) is 3.66. The Morgan fingerprint density at radius 2 is 1.94 bits per heavy atom. The van der Waals surface area contributed by atoms with Crippen LogP contribution >= 0.6 is 0 Å². The van der Waals surface area contributed by atoms with Gasteiger partial charge >= 0.3 is 5.97 Å².